The Hall–Kier alpha value is -0.284. The molecule has 0 bridgehead atoms. The van der Waals surface area contributed by atoms with Crippen LogP contribution in [-0.2, 0) is 9.53 Å². The maximum absolute atomic E-state index is 10.3. The molecule has 0 saturated carbocycles. The van der Waals surface area contributed by atoms with Crippen LogP contribution in [0.15, 0.2) is 24.3 Å². The van der Waals surface area contributed by atoms with Gasteiger partial charge in [0.15, 0.2) is 0 Å². The van der Waals surface area contributed by atoms with E-state index in [0.29, 0.717) is 0 Å². The third-order valence-corrected chi connectivity index (χ3v) is 1.01. The molecule has 0 aliphatic heterocycles. The molecule has 52 valence electrons. The van der Waals surface area contributed by atoms with Gasteiger partial charge in [-0.25, -0.2) is 0 Å². The largest absolute Gasteiger partial charge is 2.00 e. The van der Waals surface area contributed by atoms with Crippen LogP contribution in [0.2, 0.25) is 0 Å². The molecule has 10 heavy (non-hydrogen) atoms. The average molecular weight is 150 g/mol. The number of rotatable bonds is 1. The van der Waals surface area contributed by atoms with Crippen LogP contribution >= 0.6 is 0 Å². The summed E-state index contributed by atoms with van der Waals surface area (Å²) in [6.07, 6.45) is 7.23. The Labute approximate surface area is 79.1 Å². The van der Waals surface area contributed by atoms with Crippen LogP contribution in [0.1, 0.15) is 9.78 Å². The predicted molar refractivity (Wildman–Crippen MR) is 41.8 cm³/mol. The molecule has 0 atom stereocenters. The van der Waals surface area contributed by atoms with Gasteiger partial charge in [0.05, 0.1) is 0 Å². The fourth-order valence-electron chi connectivity index (χ4n) is 0.682. The third kappa shape index (κ3) is 3.03. The monoisotopic (exact) mass is 150 g/mol. The molecule has 0 aromatic carbocycles. The molecule has 0 fully saturated rings. The molecule has 0 aromatic heterocycles. The third-order valence-electron chi connectivity index (χ3n) is 1.01. The van der Waals surface area contributed by atoms with E-state index in [9.17, 15) is 4.79 Å². The minimum atomic E-state index is -0.240. The van der Waals surface area contributed by atoms with E-state index in [1.807, 2.05) is 24.3 Å². The maximum Gasteiger partial charge on any atom is 2.00 e. The number of carbonyl (C=O) groups is 1. The first-order chi connectivity index (χ1) is 4.29. The molecule has 0 radical (unpaired) electrons. The van der Waals surface area contributed by atoms with Crippen molar-refractivity contribution in [3.8, 4) is 0 Å². The molecule has 0 aromatic rings. The van der Waals surface area contributed by atoms with Gasteiger partial charge in [0.2, 0.25) is 0 Å². The second-order valence-corrected chi connectivity index (χ2v) is 1.84. The molecule has 2 nitrogen and oxygen atoms in total. The predicted octanol–water partition coefficient (Wildman–Crippen LogP) is 0.888. The fourth-order valence-corrected chi connectivity index (χ4v) is 0.682. The van der Waals surface area contributed by atoms with Gasteiger partial charge >= 0.3 is 29.0 Å². The molecule has 0 unspecified atom stereocenters. The van der Waals surface area contributed by atoms with Gasteiger partial charge in [0, 0.05) is 6.92 Å². The number of carbonyl (C=O) groups excluding carboxylic acids is 1. The zero-order chi connectivity index (χ0) is 6.69. The first-order valence-electron chi connectivity index (χ1n) is 2.81. The molecule has 1 rings (SSSR count). The van der Waals surface area contributed by atoms with Crippen LogP contribution in [0, 0.1) is 0 Å². The summed E-state index contributed by atoms with van der Waals surface area (Å²) in [4.78, 5) is 10.3. The molecule has 1 aliphatic rings. The van der Waals surface area contributed by atoms with Crippen LogP contribution in [0.3, 0.4) is 0 Å². The van der Waals surface area contributed by atoms with E-state index < -0.39 is 0 Å². The Morgan fingerprint density at radius 1 is 1.50 bits per heavy atom. The molecule has 0 spiro atoms. The summed E-state index contributed by atoms with van der Waals surface area (Å²) in [5.74, 6) is -0.240. The Balaban J connectivity index is -0.000000270. The van der Waals surface area contributed by atoms with Gasteiger partial charge in [-0.1, -0.05) is 12.2 Å². The van der Waals surface area contributed by atoms with Crippen molar-refractivity contribution in [2.45, 2.75) is 13.0 Å². The number of ether oxygens (including phenoxy) is 1. The number of esters is 1. The summed E-state index contributed by atoms with van der Waals surface area (Å²) in [6, 6.07) is 0. The zero-order valence-corrected chi connectivity index (χ0v) is 7.32. The summed E-state index contributed by atoms with van der Waals surface area (Å²) >= 11 is 0. The molecule has 0 N–H and O–H groups in total. The minimum Gasteiger partial charge on any atom is -1.00 e. The van der Waals surface area contributed by atoms with E-state index in [4.69, 9.17) is 4.74 Å². The summed E-state index contributed by atoms with van der Waals surface area (Å²) in [7, 11) is 0. The second-order valence-electron chi connectivity index (χ2n) is 1.84. The van der Waals surface area contributed by atoms with E-state index in [1.54, 1.807) is 0 Å². The Morgan fingerprint density at radius 3 is 2.40 bits per heavy atom. The van der Waals surface area contributed by atoms with Crippen molar-refractivity contribution < 1.29 is 12.4 Å². The van der Waals surface area contributed by atoms with E-state index >= 15 is 0 Å². The standard InChI is InChI=1S/C7H8O2.Mg.2H/c1-6(8)9-7-4-2-3-5-7;;;/h2-5,7H,1H3;;;/q;+2;2*-1. The fraction of sp³-hybridized carbons (Fsp3) is 0.286. The second kappa shape index (κ2) is 4.52. The Bertz CT molecular complexity index is 168. The normalized spacial score (nSPS) is 14.9. The molecular weight excluding hydrogens is 140 g/mol. The maximum atomic E-state index is 10.3. The zero-order valence-electron chi connectivity index (χ0n) is 7.91. The molecule has 3 heteroatoms. The molecule has 0 saturated heterocycles. The summed E-state index contributed by atoms with van der Waals surface area (Å²) in [5.41, 5.74) is 0. The van der Waals surface area contributed by atoms with Crippen molar-refractivity contribution in [1.29, 1.82) is 0 Å². The van der Waals surface area contributed by atoms with Crippen molar-refractivity contribution in [3.05, 3.63) is 24.3 Å². The van der Waals surface area contributed by atoms with Gasteiger partial charge in [0.25, 0.3) is 0 Å². The molecular formula is C7H10MgO2. The van der Waals surface area contributed by atoms with Crippen LogP contribution < -0.4 is 0 Å². The molecule has 0 amide bonds. The summed E-state index contributed by atoms with van der Waals surface area (Å²) in [5, 5.41) is 0. The van der Waals surface area contributed by atoms with Crippen molar-refractivity contribution in [2.75, 3.05) is 0 Å². The van der Waals surface area contributed by atoms with Crippen molar-refractivity contribution in [3.63, 3.8) is 0 Å². The van der Waals surface area contributed by atoms with E-state index in [2.05, 4.69) is 0 Å². The van der Waals surface area contributed by atoms with E-state index in [0.717, 1.165) is 0 Å². The van der Waals surface area contributed by atoms with Crippen molar-refractivity contribution >= 4 is 29.0 Å². The van der Waals surface area contributed by atoms with Gasteiger partial charge in [-0.2, -0.15) is 0 Å². The topological polar surface area (TPSA) is 26.3 Å². The van der Waals surface area contributed by atoms with E-state index in [1.165, 1.54) is 6.92 Å². The van der Waals surface area contributed by atoms with Crippen molar-refractivity contribution in [2.24, 2.45) is 0 Å². The van der Waals surface area contributed by atoms with Gasteiger partial charge in [-0.3, -0.25) is 4.79 Å². The van der Waals surface area contributed by atoms with Gasteiger partial charge in [-0.05, 0) is 12.2 Å². The number of hydrogen-bond donors (Lipinski definition) is 0. The van der Waals surface area contributed by atoms with Gasteiger partial charge in [0.1, 0.15) is 6.10 Å². The first kappa shape index (κ1) is 9.72. The van der Waals surface area contributed by atoms with Crippen LogP contribution in [0.25, 0.3) is 0 Å². The molecule has 1 aliphatic carbocycles. The van der Waals surface area contributed by atoms with Crippen LogP contribution in [-0.4, -0.2) is 35.1 Å². The summed E-state index contributed by atoms with van der Waals surface area (Å²) in [6.45, 7) is 1.40. The van der Waals surface area contributed by atoms with Crippen LogP contribution in [0.5, 0.6) is 0 Å². The Morgan fingerprint density at radius 2 is 2.00 bits per heavy atom. The Kier molecular flexibility index (Phi) is 4.39. The minimum absolute atomic E-state index is 0. The number of allylic oxidation sites excluding steroid dienone is 2. The van der Waals surface area contributed by atoms with Crippen LogP contribution in [0.4, 0.5) is 0 Å². The van der Waals surface area contributed by atoms with Gasteiger partial charge in [-0.15, -0.1) is 0 Å². The average Bonchev–Trinajstić information content (AvgIpc) is 2.15. The summed E-state index contributed by atoms with van der Waals surface area (Å²) < 4.78 is 4.80. The van der Waals surface area contributed by atoms with Gasteiger partial charge < -0.3 is 7.59 Å². The SMILES string of the molecule is CC(=O)OC1C=CC=C1.[H-].[H-].[Mg+2]. The van der Waals surface area contributed by atoms with Crippen molar-refractivity contribution in [1.82, 2.24) is 0 Å². The number of hydrogen-bond acceptors (Lipinski definition) is 2. The molecule has 0 heterocycles. The quantitative estimate of drug-likeness (QED) is 0.410. The smallest absolute Gasteiger partial charge is 1.00 e. The van der Waals surface area contributed by atoms with E-state index in [-0.39, 0.29) is 38.0 Å². The first-order valence-corrected chi connectivity index (χ1v) is 2.81.